The lowest BCUT2D eigenvalue weighted by molar-refractivity contribution is -0.120. The Labute approximate surface area is 199 Å². The Bertz CT molecular complexity index is 1250. The predicted octanol–water partition coefficient (Wildman–Crippen LogP) is 5.49. The van der Waals surface area contributed by atoms with Crippen molar-refractivity contribution in [2.75, 3.05) is 5.32 Å². The number of nitrogens with zero attached hydrogens (tertiary/aromatic N) is 1. The Morgan fingerprint density at radius 2 is 1.70 bits per heavy atom. The fourth-order valence-electron chi connectivity index (χ4n) is 3.97. The third-order valence-electron chi connectivity index (χ3n) is 6.17. The van der Waals surface area contributed by atoms with Gasteiger partial charge in [0.2, 0.25) is 15.9 Å². The van der Waals surface area contributed by atoms with Crippen molar-refractivity contribution < 1.29 is 13.2 Å². The van der Waals surface area contributed by atoms with Crippen LogP contribution >= 0.6 is 11.3 Å². The van der Waals surface area contributed by atoms with Crippen LogP contribution in [0.4, 0.5) is 5.69 Å². The molecule has 176 valence electrons. The normalized spacial score (nSPS) is 19.5. The average Bonchev–Trinajstić information content (AvgIpc) is 3.17. The van der Waals surface area contributed by atoms with Gasteiger partial charge in [0.15, 0.2) is 0 Å². The zero-order valence-corrected chi connectivity index (χ0v) is 21.1. The summed E-state index contributed by atoms with van der Waals surface area (Å²) in [5, 5.41) is 3.98. The van der Waals surface area contributed by atoms with Gasteiger partial charge in [0.05, 0.1) is 15.0 Å². The van der Waals surface area contributed by atoms with Crippen LogP contribution < -0.4 is 10.0 Å². The number of rotatable bonds is 5. The number of anilines is 1. The minimum atomic E-state index is -3.38. The van der Waals surface area contributed by atoms with E-state index in [1.807, 2.05) is 30.3 Å². The zero-order chi connectivity index (χ0) is 23.8. The first-order valence-electron chi connectivity index (χ1n) is 11.3. The monoisotopic (exact) mass is 485 g/mol. The molecule has 0 bridgehead atoms. The summed E-state index contributed by atoms with van der Waals surface area (Å²) in [6, 6.07) is 13.9. The van der Waals surface area contributed by atoms with Crippen LogP contribution in [0.15, 0.2) is 42.5 Å². The Hall–Kier alpha value is -2.29. The average molecular weight is 486 g/mol. The molecule has 1 fully saturated rings. The van der Waals surface area contributed by atoms with E-state index < -0.39 is 14.8 Å². The number of nitrogens with one attached hydrogen (secondary N) is 2. The van der Waals surface area contributed by atoms with Crippen LogP contribution in [0.25, 0.3) is 20.8 Å². The summed E-state index contributed by atoms with van der Waals surface area (Å²) in [7, 11) is -3.38. The van der Waals surface area contributed by atoms with Crippen molar-refractivity contribution in [2.24, 2.45) is 5.92 Å². The summed E-state index contributed by atoms with van der Waals surface area (Å²) in [4.78, 5) is 17.5. The van der Waals surface area contributed by atoms with Crippen molar-refractivity contribution >= 4 is 43.2 Å². The maximum absolute atomic E-state index is 12.8. The Morgan fingerprint density at radius 1 is 1.03 bits per heavy atom. The lowest BCUT2D eigenvalue weighted by atomic mass is 9.86. The lowest BCUT2D eigenvalue weighted by Gasteiger charge is -2.30. The molecule has 4 rings (SSSR count). The second kappa shape index (κ2) is 9.16. The lowest BCUT2D eigenvalue weighted by Crippen LogP contribution is -2.46. The van der Waals surface area contributed by atoms with Crippen molar-refractivity contribution in [1.29, 1.82) is 0 Å². The molecule has 0 atom stereocenters. The molecule has 1 saturated carbocycles. The van der Waals surface area contributed by atoms with Gasteiger partial charge >= 0.3 is 0 Å². The van der Waals surface area contributed by atoms with E-state index in [1.165, 1.54) is 10.3 Å². The largest absolute Gasteiger partial charge is 0.326 e. The number of sulfonamides is 1. The van der Waals surface area contributed by atoms with E-state index in [1.54, 1.807) is 32.1 Å². The summed E-state index contributed by atoms with van der Waals surface area (Å²) in [6.45, 7) is 7.15. The number of amides is 1. The predicted molar refractivity (Wildman–Crippen MR) is 136 cm³/mol. The third kappa shape index (κ3) is 5.45. The number of carbonyl (C=O) groups is 1. The molecule has 0 aliphatic heterocycles. The molecule has 0 spiro atoms. The van der Waals surface area contributed by atoms with Crippen LogP contribution in [0, 0.1) is 12.8 Å². The molecule has 2 N–H and O–H groups in total. The topological polar surface area (TPSA) is 88.2 Å². The molecule has 1 aliphatic carbocycles. The highest BCUT2D eigenvalue weighted by atomic mass is 32.2. The van der Waals surface area contributed by atoms with E-state index in [2.05, 4.69) is 29.1 Å². The molecule has 1 aliphatic rings. The van der Waals surface area contributed by atoms with Gasteiger partial charge in [-0.15, -0.1) is 11.3 Å². The SMILES string of the molecule is Cc1ccc2nc(-c3ccc(NC(=O)[C@H]4CC[C@H](NS(=O)(=O)C(C)(C)C)CC4)cc3)sc2c1. The van der Waals surface area contributed by atoms with E-state index in [9.17, 15) is 13.2 Å². The van der Waals surface area contributed by atoms with Gasteiger partial charge in [0.1, 0.15) is 5.01 Å². The van der Waals surface area contributed by atoms with Crippen molar-refractivity contribution in [3.05, 3.63) is 48.0 Å². The number of hydrogen-bond acceptors (Lipinski definition) is 5. The van der Waals surface area contributed by atoms with Gasteiger partial charge in [0.25, 0.3) is 0 Å². The van der Waals surface area contributed by atoms with E-state index >= 15 is 0 Å². The molecule has 6 nitrogen and oxygen atoms in total. The van der Waals surface area contributed by atoms with Crippen LogP contribution in [0.3, 0.4) is 0 Å². The Morgan fingerprint density at radius 3 is 2.33 bits per heavy atom. The van der Waals surface area contributed by atoms with E-state index in [-0.39, 0.29) is 17.9 Å². The van der Waals surface area contributed by atoms with Gasteiger partial charge in [-0.2, -0.15) is 0 Å². The fraction of sp³-hybridized carbons (Fsp3) is 0.440. The van der Waals surface area contributed by atoms with Crippen LogP contribution in [0.5, 0.6) is 0 Å². The van der Waals surface area contributed by atoms with Crippen molar-refractivity contribution in [2.45, 2.75) is 64.2 Å². The molecule has 1 amide bonds. The van der Waals surface area contributed by atoms with Crippen LogP contribution in [0.2, 0.25) is 0 Å². The number of benzene rings is 2. The number of aromatic nitrogens is 1. The number of fused-ring (bicyclic) bond motifs is 1. The maximum Gasteiger partial charge on any atom is 0.227 e. The first kappa shape index (κ1) is 23.9. The van der Waals surface area contributed by atoms with Crippen molar-refractivity contribution in [1.82, 2.24) is 9.71 Å². The van der Waals surface area contributed by atoms with E-state index in [0.717, 1.165) is 21.8 Å². The molecule has 0 unspecified atom stereocenters. The molecule has 8 heteroatoms. The summed E-state index contributed by atoms with van der Waals surface area (Å²) in [5.74, 6) is -0.108. The quantitative estimate of drug-likeness (QED) is 0.500. The zero-order valence-electron chi connectivity index (χ0n) is 19.5. The molecule has 1 heterocycles. The van der Waals surface area contributed by atoms with Gasteiger partial charge in [-0.25, -0.2) is 18.1 Å². The summed E-state index contributed by atoms with van der Waals surface area (Å²) < 4.78 is 27.9. The smallest absolute Gasteiger partial charge is 0.227 e. The first-order valence-corrected chi connectivity index (χ1v) is 13.6. The molecule has 2 aromatic carbocycles. The van der Waals surface area contributed by atoms with Crippen molar-refractivity contribution in [3.8, 4) is 10.6 Å². The highest BCUT2D eigenvalue weighted by Crippen LogP contribution is 2.32. The molecule has 0 radical (unpaired) electrons. The summed E-state index contributed by atoms with van der Waals surface area (Å²) >= 11 is 1.67. The highest BCUT2D eigenvalue weighted by Gasteiger charge is 2.34. The molecule has 1 aromatic heterocycles. The molecular weight excluding hydrogens is 454 g/mol. The maximum atomic E-state index is 12.8. The molecule has 3 aromatic rings. The Kier molecular flexibility index (Phi) is 6.62. The van der Waals surface area contributed by atoms with Crippen LogP contribution in [0.1, 0.15) is 52.0 Å². The minimum Gasteiger partial charge on any atom is -0.326 e. The standard InChI is InChI=1S/C25H31N3O3S2/c1-16-5-14-21-22(15-16)32-24(27-21)18-8-10-19(11-9-18)26-23(29)17-6-12-20(13-7-17)28-33(30,31)25(2,3)4/h5,8-11,14-15,17,20,28H,6-7,12-13H2,1-4H3,(H,26,29)/t17-,20-. The number of hydrogen-bond donors (Lipinski definition) is 2. The molecule has 0 saturated heterocycles. The van der Waals surface area contributed by atoms with Crippen LogP contribution in [-0.2, 0) is 14.8 Å². The van der Waals surface area contributed by atoms with Gasteiger partial charge in [0, 0.05) is 23.2 Å². The van der Waals surface area contributed by atoms with Gasteiger partial charge in [-0.3, -0.25) is 4.79 Å². The summed E-state index contributed by atoms with van der Waals surface area (Å²) in [5.41, 5.74) is 4.00. The minimum absolute atomic E-state index is 0.00431. The van der Waals surface area contributed by atoms with E-state index in [4.69, 9.17) is 4.98 Å². The van der Waals surface area contributed by atoms with Gasteiger partial charge in [-0.1, -0.05) is 6.07 Å². The number of carbonyl (C=O) groups excluding carboxylic acids is 1. The molecule has 33 heavy (non-hydrogen) atoms. The Balaban J connectivity index is 1.33. The second-order valence-corrected chi connectivity index (χ2v) is 13.3. The van der Waals surface area contributed by atoms with Gasteiger partial charge in [-0.05, 0) is 95.3 Å². The highest BCUT2D eigenvalue weighted by molar-refractivity contribution is 7.90. The van der Waals surface area contributed by atoms with Crippen LogP contribution in [-0.4, -0.2) is 30.1 Å². The van der Waals surface area contributed by atoms with Crippen molar-refractivity contribution in [3.63, 3.8) is 0 Å². The fourth-order valence-corrected chi connectivity index (χ4v) is 6.06. The first-order chi connectivity index (χ1) is 15.5. The third-order valence-corrected chi connectivity index (χ3v) is 9.49. The number of thiazole rings is 1. The second-order valence-electron chi connectivity index (χ2n) is 9.84. The summed E-state index contributed by atoms with van der Waals surface area (Å²) in [6.07, 6.45) is 2.69. The van der Waals surface area contributed by atoms with Gasteiger partial charge < -0.3 is 5.32 Å². The molecular formula is C25H31N3O3S2. The van der Waals surface area contributed by atoms with E-state index in [0.29, 0.717) is 25.7 Å². The number of aryl methyl sites for hydroxylation is 1.